The molecule has 0 aliphatic rings. The van der Waals surface area contributed by atoms with Crippen LogP contribution in [-0.2, 0) is 13.0 Å². The van der Waals surface area contributed by atoms with Gasteiger partial charge < -0.3 is 10.4 Å². The fourth-order valence-electron chi connectivity index (χ4n) is 1.72. The molecule has 0 amide bonds. The number of phenolic OH excluding ortho intramolecular Hbond substituents is 1. The molecule has 0 aliphatic heterocycles. The molecule has 90 valence electrons. The lowest BCUT2D eigenvalue weighted by atomic mass is 10.1. The number of aromatic nitrogens is 2. The van der Waals surface area contributed by atoms with Gasteiger partial charge in [0.25, 0.3) is 0 Å². The zero-order chi connectivity index (χ0) is 12.1. The summed E-state index contributed by atoms with van der Waals surface area (Å²) in [7, 11) is 0. The van der Waals surface area contributed by atoms with Crippen LogP contribution in [0.4, 0.5) is 0 Å². The van der Waals surface area contributed by atoms with Gasteiger partial charge in [0, 0.05) is 24.3 Å². The lowest BCUT2D eigenvalue weighted by Gasteiger charge is -2.13. The maximum absolute atomic E-state index is 9.19. The molecule has 2 rings (SSSR count). The van der Waals surface area contributed by atoms with Gasteiger partial charge in [-0.2, -0.15) is 5.10 Å². The number of hydrogen-bond acceptors (Lipinski definition) is 3. The SMILES string of the molecule is CC(Cc1ccc(O)cc1)NCc1cn[nH]c1. The first-order valence-corrected chi connectivity index (χ1v) is 5.73. The smallest absolute Gasteiger partial charge is 0.115 e. The van der Waals surface area contributed by atoms with E-state index in [1.807, 2.05) is 24.5 Å². The lowest BCUT2D eigenvalue weighted by molar-refractivity contribution is 0.474. The van der Waals surface area contributed by atoms with Gasteiger partial charge in [0.1, 0.15) is 5.75 Å². The van der Waals surface area contributed by atoms with Crippen LogP contribution in [-0.4, -0.2) is 21.3 Å². The third kappa shape index (κ3) is 3.60. The van der Waals surface area contributed by atoms with Crippen molar-refractivity contribution < 1.29 is 5.11 Å². The highest BCUT2D eigenvalue weighted by Gasteiger charge is 2.03. The summed E-state index contributed by atoms with van der Waals surface area (Å²) in [6, 6.07) is 7.72. The first-order chi connectivity index (χ1) is 8.24. The maximum Gasteiger partial charge on any atom is 0.115 e. The van der Waals surface area contributed by atoms with Crippen molar-refractivity contribution in [2.45, 2.75) is 25.9 Å². The number of nitrogens with zero attached hydrogens (tertiary/aromatic N) is 1. The maximum atomic E-state index is 9.19. The largest absolute Gasteiger partial charge is 0.508 e. The standard InChI is InChI=1S/C13H17N3O/c1-10(14-7-12-8-15-16-9-12)6-11-2-4-13(17)5-3-11/h2-5,8-10,14,17H,6-7H2,1H3,(H,15,16). The number of hydrogen-bond donors (Lipinski definition) is 3. The normalized spacial score (nSPS) is 12.5. The molecule has 2 aromatic rings. The third-order valence-corrected chi connectivity index (χ3v) is 2.69. The average Bonchev–Trinajstić information content (AvgIpc) is 2.83. The minimum atomic E-state index is 0.313. The van der Waals surface area contributed by atoms with Crippen molar-refractivity contribution in [2.24, 2.45) is 0 Å². The second-order valence-corrected chi connectivity index (χ2v) is 4.26. The summed E-state index contributed by atoms with van der Waals surface area (Å²) in [5.41, 5.74) is 2.37. The highest BCUT2D eigenvalue weighted by Crippen LogP contribution is 2.11. The van der Waals surface area contributed by atoms with Crippen LogP contribution < -0.4 is 5.32 Å². The Hall–Kier alpha value is -1.81. The number of aromatic amines is 1. The van der Waals surface area contributed by atoms with Crippen LogP contribution in [0.1, 0.15) is 18.1 Å². The molecule has 0 spiro atoms. The van der Waals surface area contributed by atoms with Gasteiger partial charge in [-0.3, -0.25) is 5.10 Å². The molecule has 0 aliphatic carbocycles. The summed E-state index contributed by atoms with van der Waals surface area (Å²) in [5, 5.41) is 19.3. The number of aromatic hydroxyl groups is 1. The van der Waals surface area contributed by atoms with E-state index in [1.54, 1.807) is 12.1 Å². The van der Waals surface area contributed by atoms with Crippen molar-refractivity contribution in [3.63, 3.8) is 0 Å². The number of H-pyrrole nitrogens is 1. The molecule has 1 aromatic heterocycles. The molecule has 1 unspecified atom stereocenters. The number of phenols is 1. The van der Waals surface area contributed by atoms with Crippen molar-refractivity contribution in [1.29, 1.82) is 0 Å². The second kappa shape index (κ2) is 5.50. The molecule has 0 fully saturated rings. The van der Waals surface area contributed by atoms with Crippen LogP contribution in [0, 0.1) is 0 Å². The lowest BCUT2D eigenvalue weighted by Crippen LogP contribution is -2.27. The van der Waals surface area contributed by atoms with Gasteiger partial charge in [0.15, 0.2) is 0 Å². The summed E-state index contributed by atoms with van der Waals surface area (Å²) >= 11 is 0. The van der Waals surface area contributed by atoms with Crippen LogP contribution in [0.15, 0.2) is 36.7 Å². The van der Waals surface area contributed by atoms with Gasteiger partial charge in [-0.05, 0) is 31.0 Å². The summed E-state index contributed by atoms with van der Waals surface area (Å²) in [6.07, 6.45) is 4.65. The predicted molar refractivity (Wildman–Crippen MR) is 66.7 cm³/mol. The molecule has 1 atom stereocenters. The van der Waals surface area contributed by atoms with E-state index >= 15 is 0 Å². The van der Waals surface area contributed by atoms with Crippen molar-refractivity contribution in [2.75, 3.05) is 0 Å². The Morgan fingerprint density at radius 1 is 1.29 bits per heavy atom. The Morgan fingerprint density at radius 2 is 2.06 bits per heavy atom. The highest BCUT2D eigenvalue weighted by molar-refractivity contribution is 5.26. The van der Waals surface area contributed by atoms with Crippen LogP contribution in [0.3, 0.4) is 0 Å². The van der Waals surface area contributed by atoms with Gasteiger partial charge in [-0.25, -0.2) is 0 Å². The first-order valence-electron chi connectivity index (χ1n) is 5.73. The molecule has 0 saturated heterocycles. The molecular weight excluding hydrogens is 214 g/mol. The molecule has 17 heavy (non-hydrogen) atoms. The van der Waals surface area contributed by atoms with E-state index in [-0.39, 0.29) is 0 Å². The molecular formula is C13H17N3O. The van der Waals surface area contributed by atoms with Crippen molar-refractivity contribution in [3.8, 4) is 5.75 Å². The van der Waals surface area contributed by atoms with Gasteiger partial charge in [0.2, 0.25) is 0 Å². The monoisotopic (exact) mass is 231 g/mol. The van der Waals surface area contributed by atoms with E-state index in [1.165, 1.54) is 5.56 Å². The summed E-state index contributed by atoms with van der Waals surface area (Å²) < 4.78 is 0. The summed E-state index contributed by atoms with van der Waals surface area (Å²) in [4.78, 5) is 0. The minimum Gasteiger partial charge on any atom is -0.508 e. The fraction of sp³-hybridized carbons (Fsp3) is 0.308. The van der Waals surface area contributed by atoms with Gasteiger partial charge >= 0.3 is 0 Å². The summed E-state index contributed by atoms with van der Waals surface area (Å²) in [6.45, 7) is 2.96. The topological polar surface area (TPSA) is 60.9 Å². The van der Waals surface area contributed by atoms with E-state index in [0.717, 1.165) is 18.5 Å². The second-order valence-electron chi connectivity index (χ2n) is 4.26. The van der Waals surface area contributed by atoms with Crippen molar-refractivity contribution in [1.82, 2.24) is 15.5 Å². The van der Waals surface area contributed by atoms with Crippen molar-refractivity contribution in [3.05, 3.63) is 47.8 Å². The first kappa shape index (κ1) is 11.7. The number of rotatable bonds is 5. The fourth-order valence-corrected chi connectivity index (χ4v) is 1.72. The molecule has 4 heteroatoms. The Labute approximate surface area is 101 Å². The molecule has 0 radical (unpaired) electrons. The van der Waals surface area contributed by atoms with E-state index in [2.05, 4.69) is 22.4 Å². The van der Waals surface area contributed by atoms with Crippen LogP contribution >= 0.6 is 0 Å². The van der Waals surface area contributed by atoms with E-state index in [4.69, 9.17) is 0 Å². The third-order valence-electron chi connectivity index (χ3n) is 2.69. The van der Waals surface area contributed by atoms with Gasteiger partial charge in [-0.1, -0.05) is 12.1 Å². The molecule has 1 aromatic carbocycles. The van der Waals surface area contributed by atoms with E-state index in [9.17, 15) is 5.11 Å². The minimum absolute atomic E-state index is 0.313. The van der Waals surface area contributed by atoms with Crippen LogP contribution in [0.5, 0.6) is 5.75 Å². The Kier molecular flexibility index (Phi) is 3.77. The molecule has 4 nitrogen and oxygen atoms in total. The quantitative estimate of drug-likeness (QED) is 0.735. The molecule has 1 heterocycles. The predicted octanol–water partition coefficient (Wildman–Crippen LogP) is 1.84. The van der Waals surface area contributed by atoms with Crippen molar-refractivity contribution >= 4 is 0 Å². The Balaban J connectivity index is 1.80. The highest BCUT2D eigenvalue weighted by atomic mass is 16.3. The Bertz CT molecular complexity index is 436. The zero-order valence-electron chi connectivity index (χ0n) is 9.85. The average molecular weight is 231 g/mol. The van der Waals surface area contributed by atoms with E-state index in [0.29, 0.717) is 11.8 Å². The van der Waals surface area contributed by atoms with Gasteiger partial charge in [-0.15, -0.1) is 0 Å². The number of nitrogens with one attached hydrogen (secondary N) is 2. The van der Waals surface area contributed by atoms with E-state index < -0.39 is 0 Å². The van der Waals surface area contributed by atoms with Crippen LogP contribution in [0.25, 0.3) is 0 Å². The zero-order valence-corrected chi connectivity index (χ0v) is 9.85. The molecule has 0 saturated carbocycles. The van der Waals surface area contributed by atoms with Gasteiger partial charge in [0.05, 0.1) is 6.20 Å². The van der Waals surface area contributed by atoms with Crippen LogP contribution in [0.2, 0.25) is 0 Å². The Morgan fingerprint density at radius 3 is 2.71 bits per heavy atom. The summed E-state index contributed by atoms with van der Waals surface area (Å²) in [5.74, 6) is 0.313. The number of benzene rings is 1. The molecule has 3 N–H and O–H groups in total. The molecule has 0 bridgehead atoms.